The van der Waals surface area contributed by atoms with Crippen molar-refractivity contribution in [3.63, 3.8) is 0 Å². The minimum atomic E-state index is -0.0342. The van der Waals surface area contributed by atoms with Crippen molar-refractivity contribution in [3.05, 3.63) is 93.0 Å². The van der Waals surface area contributed by atoms with Crippen LogP contribution < -0.4 is 9.47 Å². The number of benzene rings is 3. The Labute approximate surface area is 228 Å². The Morgan fingerprint density at radius 2 is 0.974 bits per heavy atom. The van der Waals surface area contributed by atoms with Gasteiger partial charge in [-0.3, -0.25) is 0 Å². The molecule has 4 heteroatoms. The van der Waals surface area contributed by atoms with E-state index in [4.69, 9.17) is 9.47 Å². The molecule has 3 aromatic rings. The summed E-state index contributed by atoms with van der Waals surface area (Å²) in [4.78, 5) is 0. The summed E-state index contributed by atoms with van der Waals surface area (Å²) in [5.41, 5.74) is 8.11. The quantitative estimate of drug-likeness (QED) is 0.240. The van der Waals surface area contributed by atoms with Gasteiger partial charge in [0.1, 0.15) is 11.5 Å². The molecule has 0 aliphatic heterocycles. The first-order valence-corrected chi connectivity index (χ1v) is 13.5. The smallest absolute Gasteiger partial charge is 0.126 e. The van der Waals surface area contributed by atoms with E-state index < -0.39 is 0 Å². The monoisotopic (exact) mass is 514 g/mol. The Hall–Kier alpha value is -3.34. The van der Waals surface area contributed by atoms with Crippen molar-refractivity contribution < 1.29 is 19.7 Å². The first-order valence-electron chi connectivity index (χ1n) is 13.5. The molecule has 38 heavy (non-hydrogen) atoms. The van der Waals surface area contributed by atoms with Crippen molar-refractivity contribution >= 4 is 24.3 Å². The number of hydrogen-bond donors (Lipinski definition) is 2. The van der Waals surface area contributed by atoms with Gasteiger partial charge < -0.3 is 19.7 Å². The van der Waals surface area contributed by atoms with E-state index in [1.807, 2.05) is 18.2 Å². The number of ether oxygens (including phenoxy) is 2. The van der Waals surface area contributed by atoms with Crippen LogP contribution in [0.2, 0.25) is 0 Å². The predicted octanol–water partition coefficient (Wildman–Crippen LogP) is 8.06. The summed E-state index contributed by atoms with van der Waals surface area (Å²) in [6, 6.07) is 16.5. The van der Waals surface area contributed by atoms with E-state index in [0.29, 0.717) is 5.92 Å². The SMILES string of the molecule is CCC(C)c1c(CO)cc(C=Cc2ccc(C=Cc3cc(OC)c(C(C)CC)c(OC)c3)cc2)cc1CO. The maximum absolute atomic E-state index is 9.94. The molecular weight excluding hydrogens is 472 g/mol. The molecule has 2 atom stereocenters. The highest BCUT2D eigenvalue weighted by molar-refractivity contribution is 5.74. The maximum atomic E-state index is 9.94. The lowest BCUT2D eigenvalue weighted by Crippen LogP contribution is -2.05. The van der Waals surface area contributed by atoms with E-state index >= 15 is 0 Å². The lowest BCUT2D eigenvalue weighted by atomic mass is 9.88. The summed E-state index contributed by atoms with van der Waals surface area (Å²) in [6.45, 7) is 8.54. The van der Waals surface area contributed by atoms with Crippen LogP contribution in [0, 0.1) is 0 Å². The maximum Gasteiger partial charge on any atom is 0.126 e. The summed E-state index contributed by atoms with van der Waals surface area (Å²) in [6.07, 6.45) is 10.2. The molecule has 0 aromatic heterocycles. The van der Waals surface area contributed by atoms with Gasteiger partial charge in [-0.05, 0) is 87.9 Å². The third kappa shape index (κ3) is 6.94. The van der Waals surface area contributed by atoms with Crippen LogP contribution >= 0.6 is 0 Å². The zero-order chi connectivity index (χ0) is 27.7. The Balaban J connectivity index is 1.80. The molecule has 2 unspecified atom stereocenters. The van der Waals surface area contributed by atoms with Crippen LogP contribution in [0.3, 0.4) is 0 Å². The first kappa shape index (κ1) is 29.2. The molecule has 4 nitrogen and oxygen atoms in total. The van der Waals surface area contributed by atoms with Crippen molar-refractivity contribution in [3.8, 4) is 11.5 Å². The van der Waals surface area contributed by atoms with E-state index in [1.165, 1.54) is 0 Å². The highest BCUT2D eigenvalue weighted by Gasteiger charge is 2.17. The molecule has 0 aliphatic carbocycles. The van der Waals surface area contributed by atoms with Gasteiger partial charge in [-0.25, -0.2) is 0 Å². The molecule has 2 N–H and O–H groups in total. The number of aliphatic hydroxyl groups is 2. The van der Waals surface area contributed by atoms with Gasteiger partial charge in [-0.15, -0.1) is 0 Å². The van der Waals surface area contributed by atoms with Gasteiger partial charge in [0.05, 0.1) is 27.4 Å². The fourth-order valence-electron chi connectivity index (χ4n) is 4.85. The third-order valence-corrected chi connectivity index (χ3v) is 7.36. The van der Waals surface area contributed by atoms with Gasteiger partial charge in [0, 0.05) is 5.56 Å². The predicted molar refractivity (Wildman–Crippen MR) is 160 cm³/mol. The molecule has 3 aromatic carbocycles. The number of hydrogen-bond acceptors (Lipinski definition) is 4. The summed E-state index contributed by atoms with van der Waals surface area (Å²) < 4.78 is 11.4. The Bertz CT molecular complexity index is 1110. The van der Waals surface area contributed by atoms with Gasteiger partial charge in [0.2, 0.25) is 0 Å². The average Bonchev–Trinajstić information content (AvgIpc) is 2.97. The fraction of sp³-hybridized carbons (Fsp3) is 0.353. The standard InChI is InChI=1S/C34H42O4/c1-7-23(3)33-29(21-35)17-27(18-30(33)22-36)15-13-25-9-11-26(12-10-25)14-16-28-19-31(37-5)34(24(4)8-2)32(20-28)38-6/h9-20,23-24,35-36H,7-8,21-22H2,1-6H3. The van der Waals surface area contributed by atoms with Gasteiger partial charge in [-0.2, -0.15) is 0 Å². The van der Waals surface area contributed by atoms with Crippen LogP contribution in [0.1, 0.15) is 96.9 Å². The number of rotatable bonds is 12. The zero-order valence-corrected chi connectivity index (χ0v) is 23.6. The second-order valence-electron chi connectivity index (χ2n) is 9.86. The minimum absolute atomic E-state index is 0.0342. The molecule has 0 heterocycles. The normalized spacial score (nSPS) is 13.3. The fourth-order valence-corrected chi connectivity index (χ4v) is 4.85. The van der Waals surface area contributed by atoms with Crippen molar-refractivity contribution in [1.82, 2.24) is 0 Å². The third-order valence-electron chi connectivity index (χ3n) is 7.36. The lowest BCUT2D eigenvalue weighted by Gasteiger charge is -2.19. The highest BCUT2D eigenvalue weighted by atomic mass is 16.5. The molecule has 0 radical (unpaired) electrons. The average molecular weight is 515 g/mol. The summed E-state index contributed by atoms with van der Waals surface area (Å²) in [7, 11) is 3.41. The Kier molecular flexibility index (Phi) is 10.8. The molecule has 0 bridgehead atoms. The summed E-state index contributed by atoms with van der Waals surface area (Å²) in [5.74, 6) is 2.34. The van der Waals surface area contributed by atoms with E-state index in [9.17, 15) is 10.2 Å². The molecule has 202 valence electrons. The van der Waals surface area contributed by atoms with E-state index in [0.717, 1.165) is 68.8 Å². The zero-order valence-electron chi connectivity index (χ0n) is 23.6. The van der Waals surface area contributed by atoms with Gasteiger partial charge in [0.15, 0.2) is 0 Å². The largest absolute Gasteiger partial charge is 0.496 e. The number of methoxy groups -OCH3 is 2. The van der Waals surface area contributed by atoms with Crippen molar-refractivity contribution in [2.24, 2.45) is 0 Å². The lowest BCUT2D eigenvalue weighted by molar-refractivity contribution is 0.271. The van der Waals surface area contributed by atoms with Crippen molar-refractivity contribution in [2.75, 3.05) is 14.2 Å². The molecule has 0 saturated carbocycles. The second-order valence-corrected chi connectivity index (χ2v) is 9.86. The molecule has 0 amide bonds. The van der Waals surface area contributed by atoms with Crippen LogP contribution in [0.4, 0.5) is 0 Å². The summed E-state index contributed by atoms with van der Waals surface area (Å²) >= 11 is 0. The number of aliphatic hydroxyl groups excluding tert-OH is 2. The highest BCUT2D eigenvalue weighted by Crippen LogP contribution is 2.38. The van der Waals surface area contributed by atoms with Crippen LogP contribution in [0.5, 0.6) is 11.5 Å². The van der Waals surface area contributed by atoms with Crippen LogP contribution in [-0.2, 0) is 13.2 Å². The molecular formula is C34H42O4. The molecule has 0 fully saturated rings. The van der Waals surface area contributed by atoms with Crippen LogP contribution in [0.25, 0.3) is 24.3 Å². The topological polar surface area (TPSA) is 58.9 Å². The van der Waals surface area contributed by atoms with Crippen molar-refractivity contribution in [2.45, 2.75) is 65.6 Å². The van der Waals surface area contributed by atoms with E-state index in [1.54, 1.807) is 14.2 Å². The molecule has 3 rings (SSSR count). The first-order chi connectivity index (χ1) is 18.4. The minimum Gasteiger partial charge on any atom is -0.496 e. The molecule has 0 saturated heterocycles. The molecule has 0 spiro atoms. The summed E-state index contributed by atoms with van der Waals surface area (Å²) in [5, 5.41) is 19.9. The van der Waals surface area contributed by atoms with Crippen molar-refractivity contribution in [1.29, 1.82) is 0 Å². The molecule has 0 aliphatic rings. The van der Waals surface area contributed by atoms with Crippen LogP contribution in [0.15, 0.2) is 48.5 Å². The van der Waals surface area contributed by atoms with Crippen LogP contribution in [-0.4, -0.2) is 24.4 Å². The van der Waals surface area contributed by atoms with Gasteiger partial charge in [0.25, 0.3) is 0 Å². The van der Waals surface area contributed by atoms with Gasteiger partial charge in [-0.1, -0.05) is 76.3 Å². The van der Waals surface area contributed by atoms with E-state index in [-0.39, 0.29) is 19.1 Å². The van der Waals surface area contributed by atoms with Gasteiger partial charge >= 0.3 is 0 Å². The Morgan fingerprint density at radius 3 is 1.34 bits per heavy atom. The Morgan fingerprint density at radius 1 is 0.605 bits per heavy atom. The second kappa shape index (κ2) is 14.0. The van der Waals surface area contributed by atoms with E-state index in [2.05, 4.69) is 82.3 Å².